The first-order valence-electron chi connectivity index (χ1n) is 5.72. The quantitative estimate of drug-likeness (QED) is 0.829. The second-order valence-corrected chi connectivity index (χ2v) is 4.33. The summed E-state index contributed by atoms with van der Waals surface area (Å²) in [5.41, 5.74) is 1.65. The van der Waals surface area contributed by atoms with Gasteiger partial charge in [-0.05, 0) is 19.1 Å². The van der Waals surface area contributed by atoms with Crippen LogP contribution in [0.3, 0.4) is 0 Å². The maximum absolute atomic E-state index is 9.76. The number of phenols is 1. The van der Waals surface area contributed by atoms with Gasteiger partial charge in [0.25, 0.3) is 0 Å². The lowest BCUT2D eigenvalue weighted by Crippen LogP contribution is -2.40. The van der Waals surface area contributed by atoms with Crippen molar-refractivity contribution >= 4 is 0 Å². The molecule has 4 heteroatoms. The van der Waals surface area contributed by atoms with Crippen LogP contribution >= 0.6 is 0 Å². The largest absolute Gasteiger partial charge is 0.507 e. The molecule has 0 aliphatic carbocycles. The number of phenolic OH excluding ortho intramolecular Hbond substituents is 1. The van der Waals surface area contributed by atoms with Crippen LogP contribution in [-0.2, 0) is 0 Å². The lowest BCUT2D eigenvalue weighted by Gasteiger charge is -2.25. The number of nitrogens with one attached hydrogen (secondary N) is 1. The van der Waals surface area contributed by atoms with Crippen LogP contribution < -0.4 is 5.32 Å². The van der Waals surface area contributed by atoms with Crippen LogP contribution in [0.25, 0.3) is 11.5 Å². The third-order valence-corrected chi connectivity index (χ3v) is 3.14. The zero-order chi connectivity index (χ0) is 11.8. The maximum Gasteiger partial charge on any atom is 0.230 e. The molecule has 0 spiro atoms. The second kappa shape index (κ2) is 3.89. The molecule has 0 saturated carbocycles. The van der Waals surface area contributed by atoms with Gasteiger partial charge in [-0.1, -0.05) is 12.1 Å². The molecular formula is C13H14N2O2. The number of aromatic hydroxyl groups is 1. The Morgan fingerprint density at radius 2 is 2.12 bits per heavy atom. The fourth-order valence-electron chi connectivity index (χ4n) is 2.04. The van der Waals surface area contributed by atoms with Crippen molar-refractivity contribution < 1.29 is 9.52 Å². The van der Waals surface area contributed by atoms with Crippen molar-refractivity contribution in [2.75, 3.05) is 13.1 Å². The second-order valence-electron chi connectivity index (χ2n) is 4.33. The standard InChI is InChI=1S/C13H14N2O2/c1-8-12(9-6-14-7-9)15-13(17-8)10-4-2-3-5-11(10)16/h2-5,9,14,16H,6-7H2,1H3. The molecule has 0 atom stereocenters. The molecule has 1 aromatic carbocycles. The summed E-state index contributed by atoms with van der Waals surface area (Å²) < 4.78 is 5.64. The van der Waals surface area contributed by atoms with Crippen LogP contribution in [0.5, 0.6) is 5.75 Å². The zero-order valence-corrected chi connectivity index (χ0v) is 9.60. The van der Waals surface area contributed by atoms with E-state index in [0.717, 1.165) is 24.5 Å². The van der Waals surface area contributed by atoms with Gasteiger partial charge in [0.1, 0.15) is 11.5 Å². The van der Waals surface area contributed by atoms with Crippen LogP contribution in [0.15, 0.2) is 28.7 Å². The lowest BCUT2D eigenvalue weighted by atomic mass is 9.98. The summed E-state index contributed by atoms with van der Waals surface area (Å²) >= 11 is 0. The lowest BCUT2D eigenvalue weighted by molar-refractivity contribution is 0.433. The summed E-state index contributed by atoms with van der Waals surface area (Å²) in [5, 5.41) is 13.0. The van der Waals surface area contributed by atoms with Gasteiger partial charge in [-0.3, -0.25) is 0 Å². The van der Waals surface area contributed by atoms with Crippen molar-refractivity contribution in [3.05, 3.63) is 35.7 Å². The molecule has 88 valence electrons. The van der Waals surface area contributed by atoms with E-state index in [2.05, 4.69) is 10.3 Å². The SMILES string of the molecule is Cc1oc(-c2ccccc2O)nc1C1CNC1. The van der Waals surface area contributed by atoms with Crippen molar-refractivity contribution in [2.45, 2.75) is 12.8 Å². The maximum atomic E-state index is 9.76. The molecule has 1 fully saturated rings. The molecule has 0 radical (unpaired) electrons. The minimum Gasteiger partial charge on any atom is -0.507 e. The number of benzene rings is 1. The summed E-state index contributed by atoms with van der Waals surface area (Å²) in [7, 11) is 0. The van der Waals surface area contributed by atoms with Crippen LogP contribution in [0.4, 0.5) is 0 Å². The fourth-order valence-corrected chi connectivity index (χ4v) is 2.04. The molecule has 2 heterocycles. The Labute approximate surface area is 99.3 Å². The summed E-state index contributed by atoms with van der Waals surface area (Å²) in [6.07, 6.45) is 0. The molecule has 17 heavy (non-hydrogen) atoms. The van der Waals surface area contributed by atoms with Crippen LogP contribution in [0, 0.1) is 6.92 Å². The predicted octanol–water partition coefficient (Wildman–Crippen LogP) is 2.04. The van der Waals surface area contributed by atoms with Crippen molar-refractivity contribution in [2.24, 2.45) is 0 Å². The number of hydrogen-bond acceptors (Lipinski definition) is 4. The van der Waals surface area contributed by atoms with Gasteiger partial charge < -0.3 is 14.8 Å². The number of oxazole rings is 1. The summed E-state index contributed by atoms with van der Waals surface area (Å²) in [6.45, 7) is 3.82. The first-order chi connectivity index (χ1) is 8.25. The molecular weight excluding hydrogens is 216 g/mol. The number of hydrogen-bond donors (Lipinski definition) is 2. The van der Waals surface area contributed by atoms with Crippen molar-refractivity contribution in [1.82, 2.24) is 10.3 Å². The molecule has 1 aliphatic rings. The van der Waals surface area contributed by atoms with Crippen LogP contribution in [0.1, 0.15) is 17.4 Å². The smallest absolute Gasteiger partial charge is 0.230 e. The van der Waals surface area contributed by atoms with E-state index in [1.165, 1.54) is 0 Å². The van der Waals surface area contributed by atoms with Gasteiger partial charge in [-0.25, -0.2) is 4.98 Å². The van der Waals surface area contributed by atoms with Crippen molar-refractivity contribution in [3.63, 3.8) is 0 Å². The third-order valence-electron chi connectivity index (χ3n) is 3.14. The normalized spacial score (nSPS) is 15.8. The average molecular weight is 230 g/mol. The van der Waals surface area contributed by atoms with E-state index in [1.54, 1.807) is 12.1 Å². The monoisotopic (exact) mass is 230 g/mol. The first kappa shape index (κ1) is 10.4. The van der Waals surface area contributed by atoms with E-state index in [0.29, 0.717) is 17.4 Å². The van der Waals surface area contributed by atoms with Crippen LogP contribution in [0.2, 0.25) is 0 Å². The van der Waals surface area contributed by atoms with Crippen LogP contribution in [-0.4, -0.2) is 23.2 Å². The predicted molar refractivity (Wildman–Crippen MR) is 64.0 cm³/mol. The number of aromatic nitrogens is 1. The Morgan fingerprint density at radius 3 is 2.76 bits per heavy atom. The highest BCUT2D eigenvalue weighted by atomic mass is 16.4. The minimum absolute atomic E-state index is 0.201. The summed E-state index contributed by atoms with van der Waals surface area (Å²) in [4.78, 5) is 4.50. The summed E-state index contributed by atoms with van der Waals surface area (Å²) in [5.74, 6) is 1.99. The molecule has 2 N–H and O–H groups in total. The number of aryl methyl sites for hydroxylation is 1. The number of rotatable bonds is 2. The van der Waals surface area contributed by atoms with Gasteiger partial charge >= 0.3 is 0 Å². The Morgan fingerprint density at radius 1 is 1.35 bits per heavy atom. The molecule has 0 amide bonds. The van der Waals surface area contributed by atoms with Gasteiger partial charge in [0, 0.05) is 19.0 Å². The Kier molecular flexibility index (Phi) is 2.37. The average Bonchev–Trinajstić information content (AvgIpc) is 2.59. The van der Waals surface area contributed by atoms with Gasteiger partial charge in [0.15, 0.2) is 0 Å². The van der Waals surface area contributed by atoms with Gasteiger partial charge in [0.2, 0.25) is 5.89 Å². The van der Waals surface area contributed by atoms with E-state index < -0.39 is 0 Å². The molecule has 1 aliphatic heterocycles. The van der Waals surface area contributed by atoms with Crippen molar-refractivity contribution in [3.8, 4) is 17.2 Å². The highest BCUT2D eigenvalue weighted by molar-refractivity contribution is 5.62. The number of para-hydroxylation sites is 1. The van der Waals surface area contributed by atoms with E-state index in [4.69, 9.17) is 4.42 Å². The molecule has 1 saturated heterocycles. The van der Waals surface area contributed by atoms with E-state index >= 15 is 0 Å². The highest BCUT2D eigenvalue weighted by Gasteiger charge is 2.26. The summed E-state index contributed by atoms with van der Waals surface area (Å²) in [6, 6.07) is 7.09. The van der Waals surface area contributed by atoms with Gasteiger partial charge in [-0.2, -0.15) is 0 Å². The third kappa shape index (κ3) is 1.70. The number of nitrogens with zero attached hydrogens (tertiary/aromatic N) is 1. The van der Waals surface area contributed by atoms with E-state index in [9.17, 15) is 5.11 Å². The molecule has 2 aromatic rings. The van der Waals surface area contributed by atoms with Gasteiger partial charge in [-0.15, -0.1) is 0 Å². The molecule has 4 nitrogen and oxygen atoms in total. The van der Waals surface area contributed by atoms with E-state index in [1.807, 2.05) is 19.1 Å². The highest BCUT2D eigenvalue weighted by Crippen LogP contribution is 2.32. The fraction of sp³-hybridized carbons (Fsp3) is 0.308. The molecule has 0 bridgehead atoms. The van der Waals surface area contributed by atoms with Crippen molar-refractivity contribution in [1.29, 1.82) is 0 Å². The Bertz CT molecular complexity index is 544. The Balaban J connectivity index is 2.01. The van der Waals surface area contributed by atoms with E-state index in [-0.39, 0.29) is 5.75 Å². The molecule has 1 aromatic heterocycles. The molecule has 3 rings (SSSR count). The molecule has 0 unspecified atom stereocenters. The topological polar surface area (TPSA) is 58.3 Å². The van der Waals surface area contributed by atoms with Gasteiger partial charge in [0.05, 0.1) is 11.3 Å². The minimum atomic E-state index is 0.201. The first-order valence-corrected chi connectivity index (χ1v) is 5.72. The Hall–Kier alpha value is -1.81. The zero-order valence-electron chi connectivity index (χ0n) is 9.60.